The minimum absolute atomic E-state index is 0.0953. The van der Waals surface area contributed by atoms with Gasteiger partial charge in [-0.25, -0.2) is 13.4 Å². The number of carbonyl (C=O) groups is 1. The summed E-state index contributed by atoms with van der Waals surface area (Å²) in [5.41, 5.74) is 1.03. The van der Waals surface area contributed by atoms with Gasteiger partial charge in [0.1, 0.15) is 10.0 Å². The average molecular weight is 380 g/mol. The van der Waals surface area contributed by atoms with Crippen LogP contribution in [-0.4, -0.2) is 36.7 Å². The number of thiophene rings is 1. The first-order chi connectivity index (χ1) is 11.9. The van der Waals surface area contributed by atoms with E-state index in [4.69, 9.17) is 0 Å². The number of rotatable bonds is 4. The number of hydrogen-bond donors (Lipinski definition) is 1. The van der Waals surface area contributed by atoms with Crippen molar-refractivity contribution >= 4 is 33.1 Å². The Kier molecular flexibility index (Phi) is 5.21. The molecule has 8 heteroatoms. The van der Waals surface area contributed by atoms with Crippen molar-refractivity contribution in [1.29, 1.82) is 0 Å². The molecule has 0 aromatic carbocycles. The summed E-state index contributed by atoms with van der Waals surface area (Å²) in [5.74, 6) is 0.245. The average Bonchev–Trinajstić information content (AvgIpc) is 3.02. The number of anilines is 1. The minimum Gasteiger partial charge on any atom is -0.310 e. The number of piperidine rings is 1. The largest absolute Gasteiger partial charge is 0.310 e. The zero-order valence-electron chi connectivity index (χ0n) is 14.2. The summed E-state index contributed by atoms with van der Waals surface area (Å²) in [6, 6.07) is 7.14. The molecule has 3 heterocycles. The van der Waals surface area contributed by atoms with Crippen LogP contribution in [0.5, 0.6) is 0 Å². The monoisotopic (exact) mass is 379 g/mol. The fourth-order valence-electron chi connectivity index (χ4n) is 2.87. The van der Waals surface area contributed by atoms with E-state index in [-0.39, 0.29) is 11.8 Å². The van der Waals surface area contributed by atoms with Crippen molar-refractivity contribution < 1.29 is 13.2 Å². The van der Waals surface area contributed by atoms with Crippen molar-refractivity contribution in [3.63, 3.8) is 0 Å². The second-order valence-corrected chi connectivity index (χ2v) is 9.70. The molecule has 0 bridgehead atoms. The Balaban J connectivity index is 1.61. The fraction of sp³-hybridized carbons (Fsp3) is 0.412. The molecule has 0 unspecified atom stereocenters. The number of sulfonamides is 1. The highest BCUT2D eigenvalue weighted by atomic mass is 32.2. The second-order valence-electron chi connectivity index (χ2n) is 6.25. The van der Waals surface area contributed by atoms with Crippen LogP contribution in [0.4, 0.5) is 5.82 Å². The Labute approximate surface area is 151 Å². The highest BCUT2D eigenvalue weighted by Crippen LogP contribution is 2.28. The maximum absolute atomic E-state index is 12.6. The molecule has 1 aliphatic rings. The van der Waals surface area contributed by atoms with Gasteiger partial charge in [0.25, 0.3) is 10.0 Å². The molecular weight excluding hydrogens is 358 g/mol. The van der Waals surface area contributed by atoms with Gasteiger partial charge in [0, 0.05) is 30.1 Å². The number of carbonyl (C=O) groups excluding carboxylic acids is 1. The molecule has 134 valence electrons. The summed E-state index contributed by atoms with van der Waals surface area (Å²) in [6.07, 6.45) is 2.69. The van der Waals surface area contributed by atoms with Crippen molar-refractivity contribution in [3.8, 4) is 0 Å². The van der Waals surface area contributed by atoms with Gasteiger partial charge >= 0.3 is 0 Å². The van der Waals surface area contributed by atoms with Gasteiger partial charge in [0.2, 0.25) is 5.91 Å². The van der Waals surface area contributed by atoms with Crippen molar-refractivity contribution in [2.75, 3.05) is 18.4 Å². The minimum atomic E-state index is -3.45. The van der Waals surface area contributed by atoms with Gasteiger partial charge < -0.3 is 5.32 Å². The molecule has 1 N–H and O–H groups in total. The third-order valence-electron chi connectivity index (χ3n) is 4.30. The molecule has 1 amide bonds. The van der Waals surface area contributed by atoms with Crippen LogP contribution in [0.15, 0.2) is 34.7 Å². The number of nitrogens with one attached hydrogen (secondary N) is 1. The lowest BCUT2D eigenvalue weighted by atomic mass is 9.97. The van der Waals surface area contributed by atoms with E-state index in [1.807, 2.05) is 32.0 Å². The quantitative estimate of drug-likeness (QED) is 0.886. The van der Waals surface area contributed by atoms with E-state index in [2.05, 4.69) is 10.3 Å². The molecule has 25 heavy (non-hydrogen) atoms. The summed E-state index contributed by atoms with van der Waals surface area (Å²) in [4.78, 5) is 17.5. The molecule has 6 nitrogen and oxygen atoms in total. The third kappa shape index (κ3) is 4.08. The van der Waals surface area contributed by atoms with Crippen LogP contribution in [0.25, 0.3) is 0 Å². The van der Waals surface area contributed by atoms with Crippen LogP contribution < -0.4 is 5.32 Å². The zero-order valence-corrected chi connectivity index (χ0v) is 15.9. The molecule has 0 aliphatic carbocycles. The molecule has 0 radical (unpaired) electrons. The van der Waals surface area contributed by atoms with E-state index in [0.717, 1.165) is 10.4 Å². The van der Waals surface area contributed by atoms with E-state index in [9.17, 15) is 13.2 Å². The molecule has 2 aromatic heterocycles. The van der Waals surface area contributed by atoms with Gasteiger partial charge in [-0.15, -0.1) is 11.3 Å². The summed E-state index contributed by atoms with van der Waals surface area (Å²) >= 11 is 1.28. The predicted molar refractivity (Wildman–Crippen MR) is 98.1 cm³/mol. The maximum Gasteiger partial charge on any atom is 0.252 e. The Morgan fingerprint density at radius 3 is 2.56 bits per heavy atom. The number of hydrogen-bond acceptors (Lipinski definition) is 5. The van der Waals surface area contributed by atoms with Crippen molar-refractivity contribution in [3.05, 3.63) is 40.9 Å². The standard InChI is InChI=1S/C17H21N3O3S2/c1-12-5-8-18-15(11-12)19-17(21)14-6-9-20(10-7-14)25(22,23)16-4-3-13(2)24-16/h3-5,8,11,14H,6-7,9-10H2,1-2H3,(H,18,19,21). The first-order valence-corrected chi connectivity index (χ1v) is 10.4. The molecular formula is C17H21N3O3S2. The molecule has 3 rings (SSSR count). The lowest BCUT2D eigenvalue weighted by Gasteiger charge is -2.30. The van der Waals surface area contributed by atoms with Gasteiger partial charge in [-0.3, -0.25) is 4.79 Å². The number of pyridine rings is 1. The van der Waals surface area contributed by atoms with E-state index in [0.29, 0.717) is 36.0 Å². The third-order valence-corrected chi connectivity index (χ3v) is 7.67. The summed E-state index contributed by atoms with van der Waals surface area (Å²) in [7, 11) is -3.45. The van der Waals surface area contributed by atoms with Crippen LogP contribution in [-0.2, 0) is 14.8 Å². The summed E-state index contributed by atoms with van der Waals surface area (Å²) < 4.78 is 27.1. The second kappa shape index (κ2) is 7.23. The topological polar surface area (TPSA) is 79.4 Å². The Morgan fingerprint density at radius 1 is 1.24 bits per heavy atom. The van der Waals surface area contributed by atoms with E-state index < -0.39 is 10.0 Å². The predicted octanol–water partition coefficient (Wildman–Crippen LogP) is 2.80. The van der Waals surface area contributed by atoms with Crippen LogP contribution >= 0.6 is 11.3 Å². The number of aryl methyl sites for hydroxylation is 2. The first-order valence-electron chi connectivity index (χ1n) is 8.16. The van der Waals surface area contributed by atoms with Gasteiger partial charge in [0.15, 0.2) is 0 Å². The molecule has 1 fully saturated rings. The van der Waals surface area contributed by atoms with Crippen LogP contribution in [0.3, 0.4) is 0 Å². The Hall–Kier alpha value is -1.77. The number of amides is 1. The molecule has 0 spiro atoms. The van der Waals surface area contributed by atoms with Crippen LogP contribution in [0, 0.1) is 19.8 Å². The molecule has 0 saturated carbocycles. The van der Waals surface area contributed by atoms with Gasteiger partial charge in [-0.05, 0) is 56.5 Å². The smallest absolute Gasteiger partial charge is 0.252 e. The highest BCUT2D eigenvalue weighted by Gasteiger charge is 2.32. The first kappa shape index (κ1) is 18.0. The van der Waals surface area contributed by atoms with E-state index in [1.54, 1.807) is 12.3 Å². The highest BCUT2D eigenvalue weighted by molar-refractivity contribution is 7.91. The Bertz CT molecular complexity index is 869. The molecule has 1 aliphatic heterocycles. The Morgan fingerprint density at radius 2 is 1.96 bits per heavy atom. The summed E-state index contributed by atoms with van der Waals surface area (Å²) in [6.45, 7) is 4.55. The van der Waals surface area contributed by atoms with E-state index >= 15 is 0 Å². The van der Waals surface area contributed by atoms with Crippen molar-refractivity contribution in [2.45, 2.75) is 30.9 Å². The van der Waals surface area contributed by atoms with Crippen molar-refractivity contribution in [1.82, 2.24) is 9.29 Å². The van der Waals surface area contributed by atoms with Crippen LogP contribution in [0.2, 0.25) is 0 Å². The number of aromatic nitrogens is 1. The fourth-order valence-corrected chi connectivity index (χ4v) is 5.78. The lowest BCUT2D eigenvalue weighted by molar-refractivity contribution is -0.120. The van der Waals surface area contributed by atoms with Gasteiger partial charge in [0.05, 0.1) is 0 Å². The van der Waals surface area contributed by atoms with Crippen LogP contribution in [0.1, 0.15) is 23.3 Å². The molecule has 0 atom stereocenters. The normalized spacial score (nSPS) is 16.7. The maximum atomic E-state index is 12.6. The number of nitrogens with zero attached hydrogens (tertiary/aromatic N) is 2. The SMILES string of the molecule is Cc1ccnc(NC(=O)C2CCN(S(=O)(=O)c3ccc(C)s3)CC2)c1. The lowest BCUT2D eigenvalue weighted by Crippen LogP contribution is -2.41. The molecule has 1 saturated heterocycles. The zero-order chi connectivity index (χ0) is 18.0. The molecule has 2 aromatic rings. The van der Waals surface area contributed by atoms with E-state index in [1.165, 1.54) is 15.6 Å². The summed E-state index contributed by atoms with van der Waals surface area (Å²) in [5, 5.41) is 2.83. The van der Waals surface area contributed by atoms with Gasteiger partial charge in [-0.2, -0.15) is 4.31 Å². The van der Waals surface area contributed by atoms with Gasteiger partial charge in [-0.1, -0.05) is 0 Å². The van der Waals surface area contributed by atoms with Crippen molar-refractivity contribution in [2.24, 2.45) is 5.92 Å².